The van der Waals surface area contributed by atoms with Gasteiger partial charge in [-0.1, -0.05) is 0 Å². The first-order valence-electron chi connectivity index (χ1n) is 12.4. The van der Waals surface area contributed by atoms with Crippen LogP contribution in [0.2, 0.25) is 0 Å². The van der Waals surface area contributed by atoms with Crippen LogP contribution in [0.25, 0.3) is 0 Å². The average molecular weight is 548 g/mol. The molecule has 2 aliphatic heterocycles. The number of benzene rings is 1. The van der Waals surface area contributed by atoms with Gasteiger partial charge in [0.2, 0.25) is 16.0 Å². The van der Waals surface area contributed by atoms with E-state index in [4.69, 9.17) is 15.1 Å². The van der Waals surface area contributed by atoms with Crippen molar-refractivity contribution in [3.05, 3.63) is 59.4 Å². The van der Waals surface area contributed by atoms with Gasteiger partial charge in [-0.15, -0.1) is 0 Å². The van der Waals surface area contributed by atoms with Gasteiger partial charge in [0.1, 0.15) is 11.6 Å². The SMILES string of the molecule is NS(=O)(=O)c1ccc(Nc2nc(N3CCCCC3)nc3c2CCN(c2ncccc2C(F)(F)F)CC3)cc1. The predicted octanol–water partition coefficient (Wildman–Crippen LogP) is 3.88. The summed E-state index contributed by atoms with van der Waals surface area (Å²) in [5.41, 5.74) is 1.43. The molecule has 0 unspecified atom stereocenters. The Bertz CT molecular complexity index is 1410. The minimum atomic E-state index is -4.51. The van der Waals surface area contributed by atoms with Crippen molar-refractivity contribution < 1.29 is 21.6 Å². The fourth-order valence-electron chi connectivity index (χ4n) is 4.87. The van der Waals surface area contributed by atoms with Crippen LogP contribution >= 0.6 is 0 Å². The van der Waals surface area contributed by atoms with E-state index in [0.29, 0.717) is 43.4 Å². The summed E-state index contributed by atoms with van der Waals surface area (Å²) in [5, 5.41) is 8.49. The second-order valence-corrected chi connectivity index (χ2v) is 11.0. The van der Waals surface area contributed by atoms with Gasteiger partial charge in [-0.25, -0.2) is 23.5 Å². The molecule has 202 valence electrons. The van der Waals surface area contributed by atoms with E-state index < -0.39 is 21.8 Å². The molecular formula is C25H28F3N7O2S. The van der Waals surface area contributed by atoms with Gasteiger partial charge in [0.25, 0.3) is 0 Å². The number of hydrogen-bond donors (Lipinski definition) is 2. The van der Waals surface area contributed by atoms with Crippen LogP contribution in [-0.2, 0) is 29.0 Å². The van der Waals surface area contributed by atoms with E-state index in [1.165, 1.54) is 24.4 Å². The Morgan fingerprint density at radius 2 is 1.61 bits per heavy atom. The van der Waals surface area contributed by atoms with Crippen LogP contribution in [0, 0.1) is 0 Å². The summed E-state index contributed by atoms with van der Waals surface area (Å²) >= 11 is 0. The van der Waals surface area contributed by atoms with Crippen molar-refractivity contribution in [1.82, 2.24) is 15.0 Å². The first kappa shape index (κ1) is 26.2. The molecule has 2 aromatic heterocycles. The lowest BCUT2D eigenvalue weighted by molar-refractivity contribution is -0.137. The number of alkyl halides is 3. The van der Waals surface area contributed by atoms with Crippen molar-refractivity contribution in [1.29, 1.82) is 0 Å². The van der Waals surface area contributed by atoms with E-state index in [1.807, 2.05) is 0 Å². The standard InChI is InChI=1S/C25H28F3N7O2S/c26-25(27,28)20-5-4-12-30-23(20)34-15-10-19-21(11-16-34)32-24(35-13-2-1-3-14-35)33-22(19)31-17-6-8-18(9-7-17)38(29,36)37/h4-9,12H,1-3,10-11,13-16H2,(H2,29,36,37)(H,31,32,33). The number of anilines is 4. The second kappa shape index (κ2) is 10.4. The molecule has 0 saturated carbocycles. The third kappa shape index (κ3) is 5.68. The quantitative estimate of drug-likeness (QED) is 0.494. The fourth-order valence-corrected chi connectivity index (χ4v) is 5.39. The van der Waals surface area contributed by atoms with E-state index in [2.05, 4.69) is 15.2 Å². The molecule has 1 fully saturated rings. The van der Waals surface area contributed by atoms with E-state index in [-0.39, 0.29) is 10.7 Å². The number of sulfonamides is 1. The first-order chi connectivity index (χ1) is 18.1. The van der Waals surface area contributed by atoms with Crippen LogP contribution in [0.1, 0.15) is 36.1 Å². The van der Waals surface area contributed by atoms with Gasteiger partial charge in [-0.2, -0.15) is 18.2 Å². The lowest BCUT2D eigenvalue weighted by atomic mass is 10.1. The molecule has 2 aliphatic rings. The van der Waals surface area contributed by atoms with Crippen molar-refractivity contribution >= 4 is 33.3 Å². The van der Waals surface area contributed by atoms with Crippen LogP contribution in [0.3, 0.4) is 0 Å². The monoisotopic (exact) mass is 547 g/mol. The molecule has 0 atom stereocenters. The van der Waals surface area contributed by atoms with Gasteiger partial charge >= 0.3 is 6.18 Å². The van der Waals surface area contributed by atoms with Crippen molar-refractivity contribution in [3.8, 4) is 0 Å². The zero-order chi connectivity index (χ0) is 26.9. The number of primary sulfonamides is 1. The molecule has 4 heterocycles. The summed E-state index contributed by atoms with van der Waals surface area (Å²) in [6.45, 7) is 2.29. The van der Waals surface area contributed by atoms with Gasteiger partial charge in [0, 0.05) is 50.0 Å². The highest BCUT2D eigenvalue weighted by atomic mass is 32.2. The summed E-state index contributed by atoms with van der Waals surface area (Å²) < 4.78 is 64.3. The van der Waals surface area contributed by atoms with Gasteiger partial charge in [-0.3, -0.25) is 0 Å². The summed E-state index contributed by atoms with van der Waals surface area (Å²) in [4.78, 5) is 17.5. The number of nitrogens with zero attached hydrogens (tertiary/aromatic N) is 5. The van der Waals surface area contributed by atoms with Crippen LogP contribution in [0.15, 0.2) is 47.5 Å². The third-order valence-electron chi connectivity index (χ3n) is 6.81. The maximum Gasteiger partial charge on any atom is 0.419 e. The van der Waals surface area contributed by atoms with E-state index in [9.17, 15) is 21.6 Å². The Morgan fingerprint density at radius 3 is 2.29 bits per heavy atom. The molecule has 1 saturated heterocycles. The average Bonchev–Trinajstić information content (AvgIpc) is 3.11. The minimum absolute atomic E-state index is 0.00922. The maximum atomic E-state index is 13.7. The molecule has 3 aromatic rings. The van der Waals surface area contributed by atoms with Crippen molar-refractivity contribution in [3.63, 3.8) is 0 Å². The van der Waals surface area contributed by atoms with Crippen molar-refractivity contribution in [2.45, 2.75) is 43.2 Å². The largest absolute Gasteiger partial charge is 0.419 e. The molecule has 9 nitrogen and oxygen atoms in total. The van der Waals surface area contributed by atoms with Gasteiger partial charge in [0.05, 0.1) is 16.2 Å². The second-order valence-electron chi connectivity index (χ2n) is 9.40. The number of fused-ring (bicyclic) bond motifs is 1. The molecule has 0 amide bonds. The van der Waals surface area contributed by atoms with Gasteiger partial charge in [0.15, 0.2) is 0 Å². The zero-order valence-corrected chi connectivity index (χ0v) is 21.4. The minimum Gasteiger partial charge on any atom is -0.355 e. The van der Waals surface area contributed by atoms with E-state index in [0.717, 1.165) is 49.7 Å². The Labute approximate surface area is 219 Å². The van der Waals surface area contributed by atoms with Gasteiger partial charge < -0.3 is 15.1 Å². The molecule has 5 rings (SSSR count). The summed E-state index contributed by atoms with van der Waals surface area (Å²) in [6.07, 6.45) is 0.892. The number of halogens is 3. The highest BCUT2D eigenvalue weighted by Crippen LogP contribution is 2.36. The zero-order valence-electron chi connectivity index (χ0n) is 20.6. The van der Waals surface area contributed by atoms with Crippen molar-refractivity contribution in [2.75, 3.05) is 41.3 Å². The molecule has 0 bridgehead atoms. The topological polar surface area (TPSA) is 117 Å². The number of rotatable bonds is 5. The molecular weight excluding hydrogens is 519 g/mol. The molecule has 1 aromatic carbocycles. The predicted molar refractivity (Wildman–Crippen MR) is 138 cm³/mol. The summed E-state index contributed by atoms with van der Waals surface area (Å²) in [7, 11) is -3.83. The molecule has 0 spiro atoms. The lowest BCUT2D eigenvalue weighted by Crippen LogP contribution is -2.31. The molecule has 13 heteroatoms. The smallest absolute Gasteiger partial charge is 0.355 e. The normalized spacial score (nSPS) is 16.6. The number of aromatic nitrogens is 3. The molecule has 38 heavy (non-hydrogen) atoms. The van der Waals surface area contributed by atoms with E-state index >= 15 is 0 Å². The number of hydrogen-bond acceptors (Lipinski definition) is 8. The summed E-state index contributed by atoms with van der Waals surface area (Å²) in [6, 6.07) is 8.35. The van der Waals surface area contributed by atoms with Crippen LogP contribution in [0.5, 0.6) is 0 Å². The molecule has 3 N–H and O–H groups in total. The van der Waals surface area contributed by atoms with Crippen molar-refractivity contribution in [2.24, 2.45) is 5.14 Å². The number of pyridine rings is 1. The van der Waals surface area contributed by atoms with Crippen LogP contribution < -0.4 is 20.3 Å². The molecule has 0 aliphatic carbocycles. The summed E-state index contributed by atoms with van der Waals surface area (Å²) in [5.74, 6) is 1.04. The van der Waals surface area contributed by atoms with Crippen LogP contribution in [0.4, 0.5) is 36.4 Å². The Kier molecular flexibility index (Phi) is 7.14. The maximum absolute atomic E-state index is 13.7. The van der Waals surface area contributed by atoms with E-state index in [1.54, 1.807) is 17.0 Å². The highest BCUT2D eigenvalue weighted by Gasteiger charge is 2.36. The third-order valence-corrected chi connectivity index (χ3v) is 7.74. The number of nitrogens with one attached hydrogen (secondary N) is 1. The number of piperidine rings is 1. The Morgan fingerprint density at radius 1 is 0.895 bits per heavy atom. The first-order valence-corrected chi connectivity index (χ1v) is 14.0. The van der Waals surface area contributed by atoms with Gasteiger partial charge in [-0.05, 0) is 62.1 Å². The fraction of sp³-hybridized carbons (Fsp3) is 0.400. The Balaban J connectivity index is 1.49. The van der Waals surface area contributed by atoms with Crippen LogP contribution in [-0.4, -0.2) is 49.5 Å². The molecule has 0 radical (unpaired) electrons. The highest BCUT2D eigenvalue weighted by molar-refractivity contribution is 7.89. The Hall–Kier alpha value is -3.45. The lowest BCUT2D eigenvalue weighted by Gasteiger charge is -2.28. The number of nitrogens with two attached hydrogens (primary N) is 1.